The molecule has 6 rings (SSSR count). The highest BCUT2D eigenvalue weighted by atomic mass is 32.1. The molecule has 1 nitrogen and oxygen atoms in total. The molecule has 0 saturated heterocycles. The van der Waals surface area contributed by atoms with Gasteiger partial charge in [-0.25, -0.2) is 4.98 Å². The van der Waals surface area contributed by atoms with Crippen molar-refractivity contribution in [1.82, 2.24) is 4.98 Å². The molecule has 0 bridgehead atoms. The van der Waals surface area contributed by atoms with Gasteiger partial charge in [-0.2, -0.15) is 0 Å². The number of benzene rings is 3. The summed E-state index contributed by atoms with van der Waals surface area (Å²) < 4.78 is 1.45. The molecule has 5 aromatic rings. The third-order valence-corrected chi connectivity index (χ3v) is 8.58. The monoisotopic (exact) mass is 449 g/mol. The van der Waals surface area contributed by atoms with Gasteiger partial charge in [0.25, 0.3) is 0 Å². The van der Waals surface area contributed by atoms with Crippen LogP contribution in [0.2, 0.25) is 0 Å². The van der Waals surface area contributed by atoms with Crippen LogP contribution in [0, 0.1) is 13.8 Å². The number of pyridine rings is 1. The van der Waals surface area contributed by atoms with Crippen molar-refractivity contribution in [1.29, 1.82) is 0 Å². The van der Waals surface area contributed by atoms with Crippen LogP contribution in [0.5, 0.6) is 0 Å². The Bertz CT molecular complexity index is 1560. The first kappa shape index (κ1) is 20.9. The lowest BCUT2D eigenvalue weighted by Crippen LogP contribution is -2.12. The van der Waals surface area contributed by atoms with E-state index in [-0.39, 0.29) is 5.41 Å². The van der Waals surface area contributed by atoms with Gasteiger partial charge in [-0.3, -0.25) is 0 Å². The summed E-state index contributed by atoms with van der Waals surface area (Å²) in [4.78, 5) is 7.00. The van der Waals surface area contributed by atoms with E-state index in [0.717, 1.165) is 5.52 Å². The molecule has 0 spiro atoms. The van der Waals surface area contributed by atoms with E-state index in [0.29, 0.717) is 0 Å². The predicted octanol–water partition coefficient (Wildman–Crippen LogP) is 9.06. The Morgan fingerprint density at radius 3 is 2.48 bits per heavy atom. The number of fused-ring (bicyclic) bond motifs is 6. The summed E-state index contributed by atoms with van der Waals surface area (Å²) in [7, 11) is 0. The molecule has 0 atom stereocenters. The average molecular weight is 450 g/mol. The molecule has 2 heteroatoms. The molecule has 0 unspecified atom stereocenters. The van der Waals surface area contributed by atoms with Crippen molar-refractivity contribution in [3.63, 3.8) is 0 Å². The summed E-state index contributed by atoms with van der Waals surface area (Å²) in [6.45, 7) is 11.4. The Labute approximate surface area is 200 Å². The lowest BCUT2D eigenvalue weighted by molar-refractivity contribution is 0.596. The van der Waals surface area contributed by atoms with Gasteiger partial charge in [-0.05, 0) is 96.2 Å². The van der Waals surface area contributed by atoms with Gasteiger partial charge in [0.1, 0.15) is 0 Å². The van der Waals surface area contributed by atoms with Crippen molar-refractivity contribution >= 4 is 43.1 Å². The van der Waals surface area contributed by atoms with Crippen LogP contribution in [0.4, 0.5) is 0 Å². The molecule has 2 heterocycles. The molecule has 0 saturated carbocycles. The summed E-state index contributed by atoms with van der Waals surface area (Å²) in [5, 5.41) is 5.43. The molecule has 0 radical (unpaired) electrons. The van der Waals surface area contributed by atoms with Gasteiger partial charge in [0.2, 0.25) is 0 Å². The summed E-state index contributed by atoms with van der Waals surface area (Å²) in [5.41, 5.74) is 9.24. The molecule has 3 aromatic carbocycles. The molecular formula is C31H31NS. The van der Waals surface area contributed by atoms with E-state index >= 15 is 0 Å². The molecule has 0 amide bonds. The van der Waals surface area contributed by atoms with Crippen molar-refractivity contribution < 1.29 is 0 Å². The van der Waals surface area contributed by atoms with Crippen LogP contribution in [0.3, 0.4) is 0 Å². The van der Waals surface area contributed by atoms with E-state index < -0.39 is 0 Å². The van der Waals surface area contributed by atoms with E-state index in [2.05, 4.69) is 83.1 Å². The minimum Gasteiger partial charge on any atom is -0.247 e. The van der Waals surface area contributed by atoms with Crippen molar-refractivity contribution in [2.24, 2.45) is 0 Å². The molecule has 166 valence electrons. The van der Waals surface area contributed by atoms with E-state index in [1.165, 1.54) is 79.9 Å². The Balaban J connectivity index is 1.78. The highest BCUT2D eigenvalue weighted by molar-refractivity contribution is 7.20. The van der Waals surface area contributed by atoms with E-state index in [1.54, 1.807) is 10.4 Å². The van der Waals surface area contributed by atoms with Gasteiger partial charge in [0.05, 0.1) is 11.2 Å². The molecule has 33 heavy (non-hydrogen) atoms. The third-order valence-electron chi connectivity index (χ3n) is 7.27. The summed E-state index contributed by atoms with van der Waals surface area (Å²) >= 11 is 2.03. The van der Waals surface area contributed by atoms with Crippen molar-refractivity contribution in [3.8, 4) is 11.3 Å². The Hall–Kier alpha value is -2.71. The van der Waals surface area contributed by atoms with Crippen LogP contribution in [-0.4, -0.2) is 4.98 Å². The van der Waals surface area contributed by atoms with Crippen LogP contribution in [0.15, 0.2) is 48.5 Å². The number of thiophene rings is 1. The lowest BCUT2D eigenvalue weighted by Gasteiger charge is -2.23. The molecule has 1 aliphatic rings. The smallest absolute Gasteiger partial charge is 0.0799 e. The Morgan fingerprint density at radius 1 is 0.879 bits per heavy atom. The second kappa shape index (κ2) is 7.40. The number of rotatable bonds is 1. The Morgan fingerprint density at radius 2 is 1.67 bits per heavy atom. The molecule has 2 aromatic heterocycles. The summed E-state index contributed by atoms with van der Waals surface area (Å²) in [6.07, 6.45) is 4.99. The fourth-order valence-electron chi connectivity index (χ4n) is 5.77. The maximum Gasteiger partial charge on any atom is 0.0799 e. The van der Waals surface area contributed by atoms with Gasteiger partial charge in [0.15, 0.2) is 0 Å². The summed E-state index contributed by atoms with van der Waals surface area (Å²) in [6, 6.07) is 18.2. The topological polar surface area (TPSA) is 12.9 Å². The highest BCUT2D eigenvalue weighted by Crippen LogP contribution is 2.46. The number of aromatic nitrogens is 1. The van der Waals surface area contributed by atoms with Gasteiger partial charge in [-0.15, -0.1) is 11.3 Å². The Kier molecular flexibility index (Phi) is 4.68. The third kappa shape index (κ3) is 3.30. The molecule has 1 aliphatic carbocycles. The number of hydrogen-bond acceptors (Lipinski definition) is 2. The van der Waals surface area contributed by atoms with Gasteiger partial charge in [-0.1, -0.05) is 51.1 Å². The summed E-state index contributed by atoms with van der Waals surface area (Å²) in [5.74, 6) is 0. The minimum atomic E-state index is 0.0623. The van der Waals surface area contributed by atoms with E-state index in [4.69, 9.17) is 4.98 Å². The van der Waals surface area contributed by atoms with Crippen LogP contribution in [0.1, 0.15) is 60.7 Å². The quantitative estimate of drug-likeness (QED) is 0.249. The maximum absolute atomic E-state index is 5.41. The van der Waals surface area contributed by atoms with Crippen LogP contribution in [-0.2, 0) is 18.3 Å². The second-order valence-electron chi connectivity index (χ2n) is 10.8. The van der Waals surface area contributed by atoms with Crippen molar-refractivity contribution in [2.45, 2.75) is 65.7 Å². The van der Waals surface area contributed by atoms with Crippen LogP contribution in [0.25, 0.3) is 43.0 Å². The maximum atomic E-state index is 5.41. The normalized spacial score (nSPS) is 14.3. The van der Waals surface area contributed by atoms with Crippen LogP contribution < -0.4 is 0 Å². The standard InChI is InChI=1S/C31H31NS/c1-18-14-19(2)27-25(15-18)32-29(28-23-12-8-9-13-26(23)33-30(27)28)21-16-20-10-6-7-11-22(20)24(17-21)31(3,4)5/h6-7,10-11,14-17H,8-9,12-13H2,1-5H3. The fraction of sp³-hybridized carbons (Fsp3) is 0.323. The van der Waals surface area contributed by atoms with E-state index in [1.807, 2.05) is 11.3 Å². The van der Waals surface area contributed by atoms with Crippen LogP contribution >= 0.6 is 11.3 Å². The van der Waals surface area contributed by atoms with Gasteiger partial charge in [0, 0.05) is 25.9 Å². The second-order valence-corrected chi connectivity index (χ2v) is 12.0. The first-order valence-electron chi connectivity index (χ1n) is 12.2. The van der Waals surface area contributed by atoms with E-state index in [9.17, 15) is 0 Å². The van der Waals surface area contributed by atoms with Gasteiger partial charge < -0.3 is 0 Å². The lowest BCUT2D eigenvalue weighted by atomic mass is 9.82. The zero-order chi connectivity index (χ0) is 22.9. The van der Waals surface area contributed by atoms with Crippen molar-refractivity contribution in [3.05, 3.63) is 75.7 Å². The first-order chi connectivity index (χ1) is 15.8. The average Bonchev–Trinajstić information content (AvgIpc) is 3.16. The van der Waals surface area contributed by atoms with Crippen molar-refractivity contribution in [2.75, 3.05) is 0 Å². The molecular weight excluding hydrogens is 418 g/mol. The first-order valence-corrected chi connectivity index (χ1v) is 13.0. The largest absolute Gasteiger partial charge is 0.247 e. The highest BCUT2D eigenvalue weighted by Gasteiger charge is 2.24. The molecule has 0 fully saturated rings. The molecule has 0 aliphatic heterocycles. The van der Waals surface area contributed by atoms with Gasteiger partial charge >= 0.3 is 0 Å². The number of aryl methyl sites for hydroxylation is 4. The zero-order valence-electron chi connectivity index (χ0n) is 20.3. The molecule has 0 N–H and O–H groups in total. The minimum absolute atomic E-state index is 0.0623. The fourth-order valence-corrected chi connectivity index (χ4v) is 7.28. The number of hydrogen-bond donors (Lipinski definition) is 0. The zero-order valence-corrected chi connectivity index (χ0v) is 21.1. The predicted molar refractivity (Wildman–Crippen MR) is 145 cm³/mol. The SMILES string of the molecule is Cc1cc(C)c2c(c1)nc(-c1cc(C(C)(C)C)c3ccccc3c1)c1c3c(sc12)CCCC3. The number of nitrogens with zero attached hydrogens (tertiary/aromatic N) is 1.